The molecule has 0 saturated heterocycles. The van der Waals surface area contributed by atoms with Crippen molar-refractivity contribution in [3.05, 3.63) is 34.1 Å². The monoisotopic (exact) mass is 213 g/mol. The Morgan fingerprint density at radius 3 is 2.79 bits per heavy atom. The van der Waals surface area contributed by atoms with Crippen molar-refractivity contribution in [1.82, 2.24) is 0 Å². The molecule has 1 aromatic carbocycles. The topological polar surface area (TPSA) is 63.4 Å². The van der Waals surface area contributed by atoms with Crippen molar-refractivity contribution in [2.45, 2.75) is 0 Å². The van der Waals surface area contributed by atoms with E-state index in [-0.39, 0.29) is 16.1 Å². The molecule has 1 N–H and O–H groups in total. The maximum Gasteiger partial charge on any atom is 0.281 e. The van der Waals surface area contributed by atoms with E-state index < -0.39 is 10.7 Å². The van der Waals surface area contributed by atoms with Crippen LogP contribution in [0.3, 0.4) is 0 Å². The third-order valence-corrected chi connectivity index (χ3v) is 2.65. The normalized spacial score (nSPS) is 10.6. The van der Waals surface area contributed by atoms with Gasteiger partial charge in [0.05, 0.1) is 16.4 Å². The molecular formula is C8H4FNO3S. The highest BCUT2D eigenvalue weighted by molar-refractivity contribution is 7.20. The van der Waals surface area contributed by atoms with Crippen molar-refractivity contribution in [2.75, 3.05) is 0 Å². The molecule has 0 saturated carbocycles. The maximum atomic E-state index is 12.9. The molecule has 0 amide bonds. The zero-order chi connectivity index (χ0) is 10.3. The minimum Gasteiger partial charge on any atom is -0.499 e. The number of rotatable bonds is 1. The molecule has 2 rings (SSSR count). The zero-order valence-electron chi connectivity index (χ0n) is 6.73. The first-order valence-corrected chi connectivity index (χ1v) is 4.46. The Balaban J connectivity index is 2.85. The lowest BCUT2D eigenvalue weighted by Gasteiger charge is -1.93. The van der Waals surface area contributed by atoms with Gasteiger partial charge in [0.1, 0.15) is 5.82 Å². The second-order valence-corrected chi connectivity index (χ2v) is 3.74. The second-order valence-electron chi connectivity index (χ2n) is 2.68. The Bertz CT molecular complexity index is 523. The molecule has 14 heavy (non-hydrogen) atoms. The number of nitro groups is 1. The summed E-state index contributed by atoms with van der Waals surface area (Å²) in [6.07, 6.45) is 0. The van der Waals surface area contributed by atoms with Crippen molar-refractivity contribution in [1.29, 1.82) is 0 Å². The van der Waals surface area contributed by atoms with Crippen molar-refractivity contribution < 1.29 is 14.4 Å². The molecule has 1 aromatic heterocycles. The summed E-state index contributed by atoms with van der Waals surface area (Å²) in [5, 5.41) is 19.9. The summed E-state index contributed by atoms with van der Waals surface area (Å²) in [5.74, 6) is -0.675. The number of halogens is 1. The number of benzene rings is 1. The maximum absolute atomic E-state index is 12.9. The highest BCUT2D eigenvalue weighted by Crippen LogP contribution is 2.36. The predicted molar refractivity (Wildman–Crippen MR) is 50.1 cm³/mol. The quantitative estimate of drug-likeness (QED) is 0.585. The number of thiophene rings is 1. The van der Waals surface area contributed by atoms with Gasteiger partial charge in [0.15, 0.2) is 5.06 Å². The summed E-state index contributed by atoms with van der Waals surface area (Å²) in [6, 6.07) is 3.26. The Kier molecular flexibility index (Phi) is 1.85. The van der Waals surface area contributed by atoms with Crippen molar-refractivity contribution >= 4 is 27.1 Å². The van der Waals surface area contributed by atoms with Gasteiger partial charge in [-0.15, -0.1) is 0 Å². The van der Waals surface area contributed by atoms with Crippen molar-refractivity contribution in [3.63, 3.8) is 0 Å². The fourth-order valence-electron chi connectivity index (χ4n) is 1.23. The molecule has 6 heteroatoms. The van der Waals surface area contributed by atoms with Crippen LogP contribution in [0.15, 0.2) is 18.2 Å². The average Bonchev–Trinajstić information content (AvgIpc) is 2.42. The SMILES string of the molecule is O=[N+]([O-])c1cc(F)cc2sc(O)cc12. The largest absolute Gasteiger partial charge is 0.499 e. The summed E-state index contributed by atoms with van der Waals surface area (Å²) < 4.78 is 13.3. The van der Waals surface area contributed by atoms with Crippen LogP contribution in [0, 0.1) is 15.9 Å². The van der Waals surface area contributed by atoms with E-state index in [9.17, 15) is 14.5 Å². The molecular weight excluding hydrogens is 209 g/mol. The summed E-state index contributed by atoms with van der Waals surface area (Å²) in [7, 11) is 0. The lowest BCUT2D eigenvalue weighted by Crippen LogP contribution is -1.89. The van der Waals surface area contributed by atoms with Gasteiger partial charge in [-0.25, -0.2) is 4.39 Å². The van der Waals surface area contributed by atoms with Crippen LogP contribution in [0.2, 0.25) is 0 Å². The number of hydrogen-bond acceptors (Lipinski definition) is 4. The summed E-state index contributed by atoms with van der Waals surface area (Å²) >= 11 is 0.909. The van der Waals surface area contributed by atoms with Crippen molar-refractivity contribution in [3.8, 4) is 5.06 Å². The fourth-order valence-corrected chi connectivity index (χ4v) is 2.07. The van der Waals surface area contributed by atoms with Gasteiger partial charge in [0.2, 0.25) is 0 Å². The van der Waals surface area contributed by atoms with Gasteiger partial charge in [-0.3, -0.25) is 10.1 Å². The van der Waals surface area contributed by atoms with Gasteiger partial charge in [-0.1, -0.05) is 11.3 Å². The number of fused-ring (bicyclic) bond motifs is 1. The highest BCUT2D eigenvalue weighted by Gasteiger charge is 2.16. The third-order valence-electron chi connectivity index (χ3n) is 1.76. The highest BCUT2D eigenvalue weighted by atomic mass is 32.1. The molecule has 0 spiro atoms. The Hall–Kier alpha value is -1.69. The molecule has 0 aliphatic heterocycles. The number of aromatic hydroxyl groups is 1. The van der Waals surface area contributed by atoms with Crippen LogP contribution >= 0.6 is 11.3 Å². The van der Waals surface area contributed by atoms with Gasteiger partial charge in [0, 0.05) is 10.8 Å². The van der Waals surface area contributed by atoms with E-state index in [0.717, 1.165) is 23.5 Å². The Labute approximate surface area is 81.4 Å². The van der Waals surface area contributed by atoms with E-state index in [1.807, 2.05) is 0 Å². The molecule has 0 unspecified atom stereocenters. The van der Waals surface area contributed by atoms with E-state index in [2.05, 4.69) is 0 Å². The van der Waals surface area contributed by atoms with Crippen LogP contribution < -0.4 is 0 Å². The molecule has 1 heterocycles. The Morgan fingerprint density at radius 1 is 1.43 bits per heavy atom. The molecule has 0 aliphatic carbocycles. The van der Waals surface area contributed by atoms with Gasteiger partial charge in [0.25, 0.3) is 5.69 Å². The van der Waals surface area contributed by atoms with Gasteiger partial charge in [-0.2, -0.15) is 0 Å². The van der Waals surface area contributed by atoms with Crippen LogP contribution in [0.1, 0.15) is 0 Å². The first-order chi connectivity index (χ1) is 6.58. The fraction of sp³-hybridized carbons (Fsp3) is 0. The van der Waals surface area contributed by atoms with Crippen LogP contribution in [0.4, 0.5) is 10.1 Å². The smallest absolute Gasteiger partial charge is 0.281 e. The lowest BCUT2D eigenvalue weighted by atomic mass is 10.2. The van der Waals surface area contributed by atoms with E-state index in [0.29, 0.717) is 4.70 Å². The lowest BCUT2D eigenvalue weighted by molar-refractivity contribution is -0.383. The standard InChI is InChI=1S/C8H4FNO3S/c9-4-1-6(10(12)13)5-3-8(11)14-7(5)2-4/h1-3,11H. The molecule has 0 radical (unpaired) electrons. The zero-order valence-corrected chi connectivity index (χ0v) is 7.55. The van der Waals surface area contributed by atoms with Crippen LogP contribution in [0.25, 0.3) is 10.1 Å². The van der Waals surface area contributed by atoms with Crippen LogP contribution in [-0.2, 0) is 0 Å². The van der Waals surface area contributed by atoms with Gasteiger partial charge >= 0.3 is 0 Å². The number of nitro benzene ring substituents is 1. The van der Waals surface area contributed by atoms with Crippen LogP contribution in [0.5, 0.6) is 5.06 Å². The minimum absolute atomic E-state index is 0.0614. The van der Waals surface area contributed by atoms with E-state index >= 15 is 0 Å². The molecule has 0 aliphatic rings. The molecule has 72 valence electrons. The minimum atomic E-state index is -0.675. The molecule has 0 fully saturated rings. The predicted octanol–water partition coefficient (Wildman–Crippen LogP) is 2.65. The Morgan fingerprint density at radius 2 is 2.14 bits per heavy atom. The second kappa shape index (κ2) is 2.91. The summed E-state index contributed by atoms with van der Waals surface area (Å²) in [4.78, 5) is 9.87. The van der Waals surface area contributed by atoms with Crippen molar-refractivity contribution in [2.24, 2.45) is 0 Å². The third kappa shape index (κ3) is 1.29. The van der Waals surface area contributed by atoms with Gasteiger partial charge < -0.3 is 5.11 Å². The van der Waals surface area contributed by atoms with E-state index in [1.165, 1.54) is 6.07 Å². The molecule has 0 bridgehead atoms. The number of non-ortho nitro benzene ring substituents is 1. The number of hydrogen-bond donors (Lipinski definition) is 1. The van der Waals surface area contributed by atoms with Gasteiger partial charge in [-0.05, 0) is 6.07 Å². The molecule has 2 aromatic rings. The molecule has 4 nitrogen and oxygen atoms in total. The summed E-state index contributed by atoms with van der Waals surface area (Å²) in [6.45, 7) is 0. The van der Waals surface area contributed by atoms with Crippen LogP contribution in [-0.4, -0.2) is 10.0 Å². The first kappa shape index (κ1) is 8.89. The first-order valence-electron chi connectivity index (χ1n) is 3.64. The average molecular weight is 213 g/mol. The number of nitrogens with zero attached hydrogens (tertiary/aromatic N) is 1. The van der Waals surface area contributed by atoms with E-state index in [4.69, 9.17) is 5.11 Å². The van der Waals surface area contributed by atoms with E-state index in [1.54, 1.807) is 0 Å². The summed E-state index contributed by atoms with van der Waals surface area (Å²) in [5.41, 5.74) is -0.323. The molecule has 0 atom stereocenters.